The van der Waals surface area contributed by atoms with E-state index in [-0.39, 0.29) is 24.7 Å². The van der Waals surface area contributed by atoms with Crippen molar-refractivity contribution in [2.45, 2.75) is 6.92 Å². The first-order valence-electron chi connectivity index (χ1n) is 5.85. The Morgan fingerprint density at radius 3 is 2.75 bits per heavy atom. The van der Waals surface area contributed by atoms with Gasteiger partial charge in [0.05, 0.1) is 18.8 Å². The van der Waals surface area contributed by atoms with Gasteiger partial charge in [-0.1, -0.05) is 0 Å². The Morgan fingerprint density at radius 1 is 1.40 bits per heavy atom. The summed E-state index contributed by atoms with van der Waals surface area (Å²) < 4.78 is 13.8. The predicted molar refractivity (Wildman–Crippen MR) is 74.3 cm³/mol. The molecule has 1 aromatic rings. The Balaban J connectivity index is 2.24. The average Bonchev–Trinajstić information content (AvgIpc) is 2.67. The summed E-state index contributed by atoms with van der Waals surface area (Å²) >= 11 is 3.24. The molecule has 0 bridgehead atoms. The van der Waals surface area contributed by atoms with Crippen molar-refractivity contribution < 1.29 is 19.1 Å². The molecular weight excluding hydrogens is 331 g/mol. The molecule has 20 heavy (non-hydrogen) atoms. The number of carbonyl (C=O) groups excluding carboxylic acids is 2. The van der Waals surface area contributed by atoms with E-state index >= 15 is 0 Å². The lowest BCUT2D eigenvalue weighted by Gasteiger charge is -2.14. The lowest BCUT2D eigenvalue weighted by atomic mass is 10.2. The maximum absolute atomic E-state index is 13.3. The van der Waals surface area contributed by atoms with Crippen LogP contribution in [0.1, 0.15) is 5.56 Å². The topological polar surface area (TPSA) is 69.6 Å². The minimum Gasteiger partial charge on any atom is -0.395 e. The number of nitrogens with one attached hydrogen (secondary N) is 1. The van der Waals surface area contributed by atoms with Gasteiger partial charge in [0.2, 0.25) is 0 Å². The van der Waals surface area contributed by atoms with Gasteiger partial charge in [-0.25, -0.2) is 4.39 Å². The summed E-state index contributed by atoms with van der Waals surface area (Å²) in [5, 5.41) is 11.6. The highest BCUT2D eigenvalue weighted by atomic mass is 79.9. The number of β-amino-alcohol motifs (C(OH)–C–C–N with tert-alkyl or cyclic N) is 1. The Bertz CT molecular complexity index is 616. The molecule has 0 unspecified atom stereocenters. The van der Waals surface area contributed by atoms with Crippen LogP contribution in [-0.2, 0) is 9.59 Å². The lowest BCUT2D eigenvalue weighted by molar-refractivity contribution is -0.137. The van der Waals surface area contributed by atoms with Gasteiger partial charge in [0.1, 0.15) is 11.5 Å². The number of nitrogens with zero attached hydrogens (tertiary/aromatic N) is 1. The second kappa shape index (κ2) is 5.72. The maximum Gasteiger partial charge on any atom is 0.277 e. The first kappa shape index (κ1) is 14.7. The largest absolute Gasteiger partial charge is 0.395 e. The molecule has 2 amide bonds. The van der Waals surface area contributed by atoms with Crippen molar-refractivity contribution in [3.63, 3.8) is 0 Å². The highest BCUT2D eigenvalue weighted by Gasteiger charge is 2.30. The number of hydrogen-bond donors (Lipinski definition) is 2. The number of aliphatic hydroxyl groups excluding tert-OH is 1. The molecule has 0 atom stereocenters. The van der Waals surface area contributed by atoms with Gasteiger partial charge in [-0.3, -0.25) is 14.5 Å². The zero-order chi connectivity index (χ0) is 14.9. The summed E-state index contributed by atoms with van der Waals surface area (Å²) in [6, 6.07) is 2.75. The van der Waals surface area contributed by atoms with E-state index in [9.17, 15) is 14.0 Å². The highest BCUT2D eigenvalue weighted by molar-refractivity contribution is 9.10. The van der Waals surface area contributed by atoms with Crippen LogP contribution >= 0.6 is 15.9 Å². The number of amides is 2. The summed E-state index contributed by atoms with van der Waals surface area (Å²) in [6.45, 7) is 1.25. The number of aliphatic hydroxyl groups is 1. The van der Waals surface area contributed by atoms with Crippen LogP contribution in [0.25, 0.3) is 0 Å². The second-order valence-electron chi connectivity index (χ2n) is 4.24. The smallest absolute Gasteiger partial charge is 0.277 e. The third kappa shape index (κ3) is 2.59. The molecule has 0 saturated heterocycles. The lowest BCUT2D eigenvalue weighted by Crippen LogP contribution is -2.34. The Morgan fingerprint density at radius 2 is 2.10 bits per heavy atom. The van der Waals surface area contributed by atoms with Gasteiger partial charge < -0.3 is 10.4 Å². The predicted octanol–water partition coefficient (Wildman–Crippen LogP) is 1.55. The molecule has 1 aromatic carbocycles. The number of anilines is 1. The number of hydrogen-bond acceptors (Lipinski definition) is 4. The van der Waals surface area contributed by atoms with E-state index in [2.05, 4.69) is 21.2 Å². The third-order valence-electron chi connectivity index (χ3n) is 2.92. The van der Waals surface area contributed by atoms with Crippen molar-refractivity contribution in [3.8, 4) is 0 Å². The van der Waals surface area contributed by atoms with Crippen LogP contribution in [0.4, 0.5) is 10.1 Å². The molecule has 1 heterocycles. The molecule has 2 rings (SSSR count). The normalized spacial score (nSPS) is 14.8. The fraction of sp³-hybridized carbons (Fsp3) is 0.231. The first-order chi connectivity index (χ1) is 9.45. The number of carbonyl (C=O) groups is 2. The number of imide groups is 1. The quantitative estimate of drug-likeness (QED) is 0.814. The molecule has 7 heteroatoms. The molecule has 1 aliphatic rings. The van der Waals surface area contributed by atoms with Crippen LogP contribution in [0, 0.1) is 12.7 Å². The Labute approximate surface area is 123 Å². The van der Waals surface area contributed by atoms with Crippen LogP contribution in [0.15, 0.2) is 28.4 Å². The molecular formula is C13H12BrFN2O3. The van der Waals surface area contributed by atoms with E-state index in [1.54, 1.807) is 6.92 Å². The van der Waals surface area contributed by atoms with Crippen LogP contribution in [-0.4, -0.2) is 35.0 Å². The summed E-state index contributed by atoms with van der Waals surface area (Å²) in [6.07, 6.45) is 1.16. The van der Waals surface area contributed by atoms with E-state index in [0.717, 1.165) is 11.0 Å². The average molecular weight is 343 g/mol. The third-order valence-corrected chi connectivity index (χ3v) is 3.94. The highest BCUT2D eigenvalue weighted by Crippen LogP contribution is 2.29. The van der Waals surface area contributed by atoms with Crippen LogP contribution < -0.4 is 5.32 Å². The first-order valence-corrected chi connectivity index (χ1v) is 6.65. The van der Waals surface area contributed by atoms with Gasteiger partial charge in [-0.05, 0) is 35.0 Å². The molecule has 2 N–H and O–H groups in total. The molecule has 5 nitrogen and oxygen atoms in total. The SMILES string of the molecule is Cc1c(F)ccc(NC2=CC(=O)N(CCO)C2=O)c1Br. The van der Waals surface area contributed by atoms with Gasteiger partial charge in [0.25, 0.3) is 11.8 Å². The molecule has 0 spiro atoms. The fourth-order valence-electron chi connectivity index (χ4n) is 1.81. The maximum atomic E-state index is 13.3. The minimum atomic E-state index is -0.516. The van der Waals surface area contributed by atoms with E-state index in [0.29, 0.717) is 15.7 Å². The van der Waals surface area contributed by atoms with Crippen molar-refractivity contribution in [3.05, 3.63) is 39.8 Å². The standard InChI is InChI=1S/C13H12BrFN2O3/c1-7-8(15)2-3-9(12(7)14)16-10-6-11(19)17(4-5-18)13(10)20/h2-3,6,16,18H,4-5H2,1H3. The van der Waals surface area contributed by atoms with Crippen molar-refractivity contribution in [1.29, 1.82) is 0 Å². The molecule has 106 valence electrons. The minimum absolute atomic E-state index is 0.0526. The van der Waals surface area contributed by atoms with Gasteiger partial charge in [-0.2, -0.15) is 0 Å². The number of halogens is 2. The van der Waals surface area contributed by atoms with Crippen molar-refractivity contribution in [1.82, 2.24) is 4.90 Å². The van der Waals surface area contributed by atoms with Crippen LogP contribution in [0.3, 0.4) is 0 Å². The van der Waals surface area contributed by atoms with E-state index in [1.807, 2.05) is 0 Å². The number of benzene rings is 1. The Hall–Kier alpha value is -1.73. The molecule has 0 aromatic heterocycles. The zero-order valence-corrected chi connectivity index (χ0v) is 12.2. The summed E-state index contributed by atoms with van der Waals surface area (Å²) in [5.41, 5.74) is 0.983. The van der Waals surface area contributed by atoms with Crippen LogP contribution in [0.5, 0.6) is 0 Å². The summed E-state index contributed by atoms with van der Waals surface area (Å²) in [5.74, 6) is -1.37. The van der Waals surface area contributed by atoms with Gasteiger partial charge in [0, 0.05) is 16.1 Å². The van der Waals surface area contributed by atoms with E-state index in [1.165, 1.54) is 12.1 Å². The molecule has 0 fully saturated rings. The second-order valence-corrected chi connectivity index (χ2v) is 5.03. The summed E-state index contributed by atoms with van der Waals surface area (Å²) in [4.78, 5) is 24.5. The molecule has 0 saturated carbocycles. The van der Waals surface area contributed by atoms with E-state index in [4.69, 9.17) is 5.11 Å². The van der Waals surface area contributed by atoms with Crippen molar-refractivity contribution in [2.75, 3.05) is 18.5 Å². The van der Waals surface area contributed by atoms with Crippen LogP contribution in [0.2, 0.25) is 0 Å². The molecule has 0 aliphatic carbocycles. The van der Waals surface area contributed by atoms with Gasteiger partial charge >= 0.3 is 0 Å². The zero-order valence-electron chi connectivity index (χ0n) is 10.6. The molecule has 0 radical (unpaired) electrons. The fourth-order valence-corrected chi connectivity index (χ4v) is 2.23. The van der Waals surface area contributed by atoms with Gasteiger partial charge in [0.15, 0.2) is 0 Å². The number of rotatable bonds is 4. The van der Waals surface area contributed by atoms with Crippen molar-refractivity contribution in [2.24, 2.45) is 0 Å². The summed E-state index contributed by atoms with van der Waals surface area (Å²) in [7, 11) is 0. The Kier molecular flexibility index (Phi) is 4.20. The van der Waals surface area contributed by atoms with Gasteiger partial charge in [-0.15, -0.1) is 0 Å². The van der Waals surface area contributed by atoms with Crippen molar-refractivity contribution >= 4 is 33.4 Å². The van der Waals surface area contributed by atoms with E-state index < -0.39 is 11.8 Å². The molecule has 1 aliphatic heterocycles. The monoisotopic (exact) mass is 342 g/mol.